The molecule has 4 aliphatic heterocycles. The van der Waals surface area contributed by atoms with Crippen molar-refractivity contribution in [3.8, 4) is 0 Å². The van der Waals surface area contributed by atoms with Crippen molar-refractivity contribution in [2.24, 2.45) is 0 Å². The van der Waals surface area contributed by atoms with Gasteiger partial charge < -0.3 is 18.9 Å². The Labute approximate surface area is 271 Å². The molecule has 0 aliphatic carbocycles. The average Bonchev–Trinajstić information content (AvgIpc) is 3.75. The van der Waals surface area contributed by atoms with Gasteiger partial charge in [-0.1, -0.05) is 12.1 Å². The number of ether oxygens (including phenoxy) is 4. The van der Waals surface area contributed by atoms with E-state index in [1.54, 1.807) is 0 Å². The molecule has 0 spiro atoms. The Morgan fingerprint density at radius 1 is 0.367 bits per heavy atom. The first-order valence-corrected chi connectivity index (χ1v) is 15.1. The molecule has 0 saturated carbocycles. The van der Waals surface area contributed by atoms with Gasteiger partial charge in [0.15, 0.2) is 5.78 Å². The minimum atomic E-state index is -4.10. The summed E-state index contributed by atoms with van der Waals surface area (Å²) >= 11 is 0. The summed E-state index contributed by atoms with van der Waals surface area (Å²) in [5, 5.41) is 0. The van der Waals surface area contributed by atoms with Crippen LogP contribution in [0, 0.1) is 0 Å². The summed E-state index contributed by atoms with van der Waals surface area (Å²) in [6.07, 6.45) is 0. The lowest BCUT2D eigenvalue weighted by atomic mass is 9.96. The highest BCUT2D eigenvalue weighted by atomic mass is 32.2. The molecule has 4 aliphatic rings. The van der Waals surface area contributed by atoms with Crippen LogP contribution in [0.25, 0.3) is 0 Å². The lowest BCUT2D eigenvalue weighted by Crippen LogP contribution is -2.06. The maximum atomic E-state index is 12.7. The Kier molecular flexibility index (Phi) is 6.78. The van der Waals surface area contributed by atoms with Gasteiger partial charge in [0.05, 0.1) is 54.3 Å². The second-order valence-electron chi connectivity index (χ2n) is 10.5. The summed E-state index contributed by atoms with van der Waals surface area (Å²) in [5.41, 5.74) is 0.182. The van der Waals surface area contributed by atoms with Crippen LogP contribution < -0.4 is 0 Å². The van der Waals surface area contributed by atoms with E-state index in [9.17, 15) is 51.6 Å². The molecule has 4 aromatic carbocycles. The van der Waals surface area contributed by atoms with Gasteiger partial charge >= 0.3 is 47.8 Å². The summed E-state index contributed by atoms with van der Waals surface area (Å²) in [6, 6.07) is 14.7. The lowest BCUT2D eigenvalue weighted by Gasteiger charge is -2.06. The van der Waals surface area contributed by atoms with Crippen LogP contribution >= 0.6 is 0 Å². The molecule has 0 atom stereocenters. The molecule has 4 aromatic rings. The Morgan fingerprint density at radius 2 is 0.633 bits per heavy atom. The van der Waals surface area contributed by atoms with Crippen molar-refractivity contribution in [2.45, 2.75) is 9.79 Å². The first kappa shape index (κ1) is 30.7. The number of cyclic esters (lactones) is 8. The highest BCUT2D eigenvalue weighted by molar-refractivity contribution is 7.91. The van der Waals surface area contributed by atoms with E-state index in [0.29, 0.717) is 0 Å². The Bertz CT molecular complexity index is 2310. The number of sulfone groups is 1. The van der Waals surface area contributed by atoms with E-state index < -0.39 is 63.4 Å². The highest BCUT2D eigenvalue weighted by Gasteiger charge is 2.35. The molecule has 49 heavy (non-hydrogen) atoms. The zero-order valence-corrected chi connectivity index (χ0v) is 24.8. The molecule has 0 radical (unpaired) electrons. The maximum Gasteiger partial charge on any atom is 0.346 e. The van der Waals surface area contributed by atoms with Gasteiger partial charge in [-0.2, -0.15) is 0 Å². The maximum absolute atomic E-state index is 12.7. The van der Waals surface area contributed by atoms with Gasteiger partial charge in [-0.05, 0) is 60.7 Å². The third kappa shape index (κ3) is 4.90. The predicted octanol–water partition coefficient (Wildman–Crippen LogP) is 2.68. The molecule has 0 saturated heterocycles. The van der Waals surface area contributed by atoms with E-state index in [2.05, 4.69) is 18.9 Å². The summed E-state index contributed by atoms with van der Waals surface area (Å²) in [7, 11) is -4.10. The Morgan fingerprint density at radius 3 is 0.959 bits per heavy atom. The van der Waals surface area contributed by atoms with Crippen LogP contribution in [0.15, 0.2) is 82.6 Å². The summed E-state index contributed by atoms with van der Waals surface area (Å²) in [6.45, 7) is 0. The number of esters is 8. The molecule has 0 N–H and O–H groups in total. The molecule has 4 heterocycles. The van der Waals surface area contributed by atoms with Crippen LogP contribution in [-0.2, 0) is 28.8 Å². The van der Waals surface area contributed by atoms with E-state index in [1.807, 2.05) is 0 Å². The smallest absolute Gasteiger partial charge is 0.346 e. The molecule has 16 heteroatoms. The zero-order chi connectivity index (χ0) is 34.9. The molecule has 8 rings (SSSR count). The topological polar surface area (TPSA) is 225 Å². The van der Waals surface area contributed by atoms with E-state index in [4.69, 9.17) is 0 Å². The Hall–Kier alpha value is -6.94. The molecule has 15 nitrogen and oxygen atoms in total. The first-order chi connectivity index (χ1) is 23.2. The van der Waals surface area contributed by atoms with Crippen LogP contribution in [0.2, 0.25) is 0 Å². The van der Waals surface area contributed by atoms with Crippen molar-refractivity contribution in [2.75, 3.05) is 0 Å². The van der Waals surface area contributed by atoms with Gasteiger partial charge in [0.1, 0.15) is 0 Å². The Balaban J connectivity index is 0.000000154. The van der Waals surface area contributed by atoms with Crippen molar-refractivity contribution in [1.82, 2.24) is 0 Å². The lowest BCUT2D eigenvalue weighted by molar-refractivity contribution is 0.0425. The number of carbonyl (C=O) groups excluding carboxylic acids is 9. The quantitative estimate of drug-likeness (QED) is 0.131. The number of fused-ring (bicyclic) bond motifs is 4. The van der Waals surface area contributed by atoms with Crippen LogP contribution in [0.1, 0.15) is 98.8 Å². The third-order valence-electron chi connectivity index (χ3n) is 7.67. The van der Waals surface area contributed by atoms with Crippen LogP contribution in [0.4, 0.5) is 0 Å². The number of rotatable bonds is 4. The molecule has 0 amide bonds. The van der Waals surface area contributed by atoms with Gasteiger partial charge in [-0.3, -0.25) is 4.79 Å². The number of benzene rings is 4. The fraction of sp³-hybridized carbons (Fsp3) is 0. The largest absolute Gasteiger partial charge is 0.386 e. The minimum Gasteiger partial charge on any atom is -0.386 e. The second kappa shape index (κ2) is 10.8. The standard InChI is InChI=1S/C17H6O7.C16H6O8S/c18-13(7-1-3-9-11(5-7)16(21)23-14(9)19)8-2-4-10-12(6-8)17(22)24-15(10)20;17-13-9-3-1-7(5-11(9)15(19)23-13)25(21,22)8-2-4-10-12(6-8)16(20)24-14(10)18/h1-6H;1-6H. The summed E-state index contributed by atoms with van der Waals surface area (Å²) in [5.74, 6) is -7.16. The van der Waals surface area contributed by atoms with Gasteiger partial charge in [0.2, 0.25) is 9.84 Å². The molecular weight excluding hydrogens is 668 g/mol. The zero-order valence-electron chi connectivity index (χ0n) is 24.0. The number of hydrogen-bond acceptors (Lipinski definition) is 15. The second-order valence-corrected chi connectivity index (χ2v) is 12.4. The van der Waals surface area contributed by atoms with Crippen molar-refractivity contribution >= 4 is 63.4 Å². The van der Waals surface area contributed by atoms with Gasteiger partial charge in [0.25, 0.3) is 0 Å². The molecule has 240 valence electrons. The van der Waals surface area contributed by atoms with Gasteiger partial charge in [-0.25, -0.2) is 46.8 Å². The van der Waals surface area contributed by atoms with Crippen LogP contribution in [0.3, 0.4) is 0 Å². The van der Waals surface area contributed by atoms with Crippen LogP contribution in [0.5, 0.6) is 0 Å². The molecule has 0 unspecified atom stereocenters. The number of hydrogen-bond donors (Lipinski definition) is 0. The molecule has 0 bridgehead atoms. The average molecular weight is 681 g/mol. The third-order valence-corrected chi connectivity index (χ3v) is 9.42. The van der Waals surface area contributed by atoms with Crippen LogP contribution in [-0.4, -0.2) is 62.0 Å². The minimum absolute atomic E-state index is 0.0154. The fourth-order valence-corrected chi connectivity index (χ4v) is 6.53. The van der Waals surface area contributed by atoms with Crippen molar-refractivity contribution in [1.29, 1.82) is 0 Å². The van der Waals surface area contributed by atoms with E-state index in [1.165, 1.54) is 48.5 Å². The van der Waals surface area contributed by atoms with E-state index >= 15 is 0 Å². The monoisotopic (exact) mass is 680 g/mol. The van der Waals surface area contributed by atoms with E-state index in [-0.39, 0.29) is 65.4 Å². The normalized spacial score (nSPS) is 15.3. The van der Waals surface area contributed by atoms with E-state index in [0.717, 1.165) is 24.3 Å². The fourth-order valence-electron chi connectivity index (χ4n) is 5.22. The number of carbonyl (C=O) groups is 9. The molecule has 0 fully saturated rings. The van der Waals surface area contributed by atoms with Gasteiger partial charge in [0, 0.05) is 11.1 Å². The van der Waals surface area contributed by atoms with Gasteiger partial charge in [-0.15, -0.1) is 0 Å². The highest BCUT2D eigenvalue weighted by Crippen LogP contribution is 2.30. The SMILES string of the molecule is O=C(c1ccc2c(c1)C(=O)OC2=O)c1ccc2c(c1)C(=O)OC2=O.O=C1OC(=O)c2cc(S(=O)(=O)c3ccc4c(c3)C(=O)OC4=O)ccc21. The van der Waals surface area contributed by atoms with Crippen molar-refractivity contribution in [3.63, 3.8) is 0 Å². The van der Waals surface area contributed by atoms with Crippen molar-refractivity contribution in [3.05, 3.63) is 128 Å². The first-order valence-electron chi connectivity index (χ1n) is 13.7. The predicted molar refractivity (Wildman–Crippen MR) is 154 cm³/mol. The summed E-state index contributed by atoms with van der Waals surface area (Å²) in [4.78, 5) is 104. The summed E-state index contributed by atoms with van der Waals surface area (Å²) < 4.78 is 43.3. The van der Waals surface area contributed by atoms with Crippen molar-refractivity contribution < 1.29 is 70.5 Å². The molecule has 0 aromatic heterocycles. The molecular formula is C33H12O15S. The number of ketones is 1.